The summed E-state index contributed by atoms with van der Waals surface area (Å²) in [7, 11) is -2.54. The first-order valence-corrected chi connectivity index (χ1v) is 8.53. The van der Waals surface area contributed by atoms with E-state index in [9.17, 15) is 13.2 Å². The first kappa shape index (κ1) is 15.4. The van der Waals surface area contributed by atoms with Gasteiger partial charge in [-0.15, -0.1) is 11.3 Å². The third kappa shape index (κ3) is 2.88. The monoisotopic (exact) mass is 319 g/mol. The molecular formula is C12H17NO5S2. The van der Waals surface area contributed by atoms with Gasteiger partial charge in [-0.3, -0.25) is 0 Å². The summed E-state index contributed by atoms with van der Waals surface area (Å²) >= 11 is 1.07. The largest absolute Gasteiger partial charge is 0.465 e. The van der Waals surface area contributed by atoms with E-state index >= 15 is 0 Å². The van der Waals surface area contributed by atoms with Crippen LogP contribution in [0.25, 0.3) is 0 Å². The number of methoxy groups -OCH3 is 1. The van der Waals surface area contributed by atoms with Gasteiger partial charge >= 0.3 is 5.97 Å². The summed E-state index contributed by atoms with van der Waals surface area (Å²) in [5.74, 6) is -0.640. The molecule has 2 unspecified atom stereocenters. The molecule has 6 nitrogen and oxygen atoms in total. The Morgan fingerprint density at radius 1 is 1.55 bits per heavy atom. The number of hydrogen-bond acceptors (Lipinski definition) is 6. The Morgan fingerprint density at radius 2 is 2.25 bits per heavy atom. The van der Waals surface area contributed by atoms with E-state index in [4.69, 9.17) is 4.74 Å². The minimum absolute atomic E-state index is 0.00782. The van der Waals surface area contributed by atoms with Gasteiger partial charge in [-0.25, -0.2) is 17.9 Å². The molecule has 2 heterocycles. The summed E-state index contributed by atoms with van der Waals surface area (Å²) in [4.78, 5) is 11.8. The molecule has 1 aliphatic heterocycles. The fourth-order valence-corrected chi connectivity index (χ4v) is 5.19. The van der Waals surface area contributed by atoms with Crippen LogP contribution < -0.4 is 4.72 Å². The summed E-state index contributed by atoms with van der Waals surface area (Å²) in [6.45, 7) is 4.01. The fourth-order valence-electron chi connectivity index (χ4n) is 2.15. The van der Waals surface area contributed by atoms with E-state index in [-0.39, 0.29) is 21.9 Å². The minimum atomic E-state index is -3.77. The van der Waals surface area contributed by atoms with Gasteiger partial charge in [-0.1, -0.05) is 0 Å². The van der Waals surface area contributed by atoms with Crippen LogP contribution in [0.4, 0.5) is 0 Å². The van der Waals surface area contributed by atoms with Crippen molar-refractivity contribution in [1.82, 2.24) is 4.72 Å². The van der Waals surface area contributed by atoms with E-state index in [1.165, 1.54) is 7.11 Å². The van der Waals surface area contributed by atoms with E-state index in [1.54, 1.807) is 12.3 Å². The molecule has 8 heteroatoms. The maximum absolute atomic E-state index is 12.5. The lowest BCUT2D eigenvalue weighted by atomic mass is 10.2. The number of aryl methyl sites for hydroxylation is 1. The molecule has 0 bridgehead atoms. The number of esters is 1. The Balaban J connectivity index is 2.34. The van der Waals surface area contributed by atoms with E-state index in [1.807, 2.05) is 6.92 Å². The highest BCUT2D eigenvalue weighted by molar-refractivity contribution is 7.89. The van der Waals surface area contributed by atoms with Crippen LogP contribution in [0, 0.1) is 6.92 Å². The summed E-state index contributed by atoms with van der Waals surface area (Å²) in [5, 5.41) is 1.63. The van der Waals surface area contributed by atoms with Gasteiger partial charge in [-0.2, -0.15) is 0 Å². The number of hydrogen-bond donors (Lipinski definition) is 1. The molecule has 0 radical (unpaired) electrons. The van der Waals surface area contributed by atoms with Crippen LogP contribution in [0.5, 0.6) is 0 Å². The Labute approximate surface area is 122 Å². The molecule has 1 aromatic rings. The van der Waals surface area contributed by atoms with Crippen molar-refractivity contribution in [2.75, 3.05) is 13.7 Å². The van der Waals surface area contributed by atoms with Crippen molar-refractivity contribution in [3.8, 4) is 0 Å². The standard InChI is InChI=1S/C12H17NO5S2/c1-7-6-19-10(12(14)17-3)11(7)20(15,16)13-9-4-5-18-8(9)2/h6,8-9,13H,4-5H2,1-3H3. The quantitative estimate of drug-likeness (QED) is 0.846. The van der Waals surface area contributed by atoms with Gasteiger partial charge in [-0.05, 0) is 31.2 Å². The molecule has 1 N–H and O–H groups in total. The SMILES string of the molecule is COC(=O)c1scc(C)c1S(=O)(=O)NC1CCOC1C. The van der Waals surface area contributed by atoms with Gasteiger partial charge in [0.1, 0.15) is 9.77 Å². The lowest BCUT2D eigenvalue weighted by Crippen LogP contribution is -2.39. The van der Waals surface area contributed by atoms with E-state index in [2.05, 4.69) is 9.46 Å². The van der Waals surface area contributed by atoms with Crippen LogP contribution in [0.2, 0.25) is 0 Å². The predicted octanol–water partition coefficient (Wildman–Crippen LogP) is 1.30. The fraction of sp³-hybridized carbons (Fsp3) is 0.583. The zero-order valence-electron chi connectivity index (χ0n) is 11.5. The first-order chi connectivity index (χ1) is 9.36. The van der Waals surface area contributed by atoms with Crippen molar-refractivity contribution in [3.05, 3.63) is 15.8 Å². The molecule has 0 amide bonds. The Morgan fingerprint density at radius 3 is 2.80 bits per heavy atom. The second-order valence-corrected chi connectivity index (χ2v) is 7.19. The van der Waals surface area contributed by atoms with Crippen molar-refractivity contribution in [2.45, 2.75) is 37.3 Å². The molecule has 0 saturated carbocycles. The summed E-state index contributed by atoms with van der Waals surface area (Å²) in [6.07, 6.45) is 0.447. The van der Waals surface area contributed by atoms with Crippen molar-refractivity contribution in [2.24, 2.45) is 0 Å². The highest BCUT2D eigenvalue weighted by atomic mass is 32.2. The van der Waals surface area contributed by atoms with Crippen LogP contribution >= 0.6 is 11.3 Å². The van der Waals surface area contributed by atoms with Gasteiger partial charge in [0.15, 0.2) is 0 Å². The normalized spacial score (nSPS) is 22.9. The highest BCUT2D eigenvalue weighted by Crippen LogP contribution is 2.28. The molecule has 1 fully saturated rings. The van der Waals surface area contributed by atoms with Crippen LogP contribution in [0.1, 0.15) is 28.6 Å². The molecular weight excluding hydrogens is 302 g/mol. The smallest absolute Gasteiger partial charge is 0.349 e. The minimum Gasteiger partial charge on any atom is -0.465 e. The number of ether oxygens (including phenoxy) is 2. The maximum Gasteiger partial charge on any atom is 0.349 e. The van der Waals surface area contributed by atoms with Crippen molar-refractivity contribution in [1.29, 1.82) is 0 Å². The molecule has 1 saturated heterocycles. The lowest BCUT2D eigenvalue weighted by Gasteiger charge is -2.16. The third-order valence-corrected chi connectivity index (χ3v) is 6.12. The molecule has 2 atom stereocenters. The van der Waals surface area contributed by atoms with Crippen molar-refractivity contribution < 1.29 is 22.7 Å². The third-order valence-electron chi connectivity index (χ3n) is 3.24. The van der Waals surface area contributed by atoms with Gasteiger partial charge in [0.05, 0.1) is 19.3 Å². The number of thiophene rings is 1. The molecule has 0 aromatic carbocycles. The zero-order valence-corrected chi connectivity index (χ0v) is 13.1. The lowest BCUT2D eigenvalue weighted by molar-refractivity contribution is 0.0602. The second-order valence-electron chi connectivity index (χ2n) is 4.66. The Kier molecular flexibility index (Phi) is 4.48. The van der Waals surface area contributed by atoms with Crippen LogP contribution in [0.15, 0.2) is 10.3 Å². The molecule has 112 valence electrons. The van der Waals surface area contributed by atoms with E-state index in [0.29, 0.717) is 18.6 Å². The zero-order chi connectivity index (χ0) is 14.9. The molecule has 20 heavy (non-hydrogen) atoms. The second kappa shape index (κ2) is 5.80. The summed E-state index contributed by atoms with van der Waals surface area (Å²) in [6, 6.07) is -0.273. The maximum atomic E-state index is 12.5. The van der Waals surface area contributed by atoms with E-state index in [0.717, 1.165) is 11.3 Å². The molecule has 0 spiro atoms. The van der Waals surface area contributed by atoms with Gasteiger partial charge in [0.25, 0.3) is 0 Å². The van der Waals surface area contributed by atoms with Crippen molar-refractivity contribution >= 4 is 27.3 Å². The molecule has 2 rings (SSSR count). The first-order valence-electron chi connectivity index (χ1n) is 6.17. The van der Waals surface area contributed by atoms with Crippen molar-refractivity contribution in [3.63, 3.8) is 0 Å². The van der Waals surface area contributed by atoms with Gasteiger partial charge in [0, 0.05) is 6.61 Å². The summed E-state index contributed by atoms with van der Waals surface area (Å²) in [5.41, 5.74) is 0.537. The van der Waals surface area contributed by atoms with E-state index < -0.39 is 16.0 Å². The highest BCUT2D eigenvalue weighted by Gasteiger charge is 2.33. The van der Waals surface area contributed by atoms with Gasteiger partial charge in [0.2, 0.25) is 10.0 Å². The Bertz CT molecular complexity index is 607. The van der Waals surface area contributed by atoms with Crippen LogP contribution in [-0.4, -0.2) is 40.2 Å². The average molecular weight is 319 g/mol. The topological polar surface area (TPSA) is 81.7 Å². The Hall–Kier alpha value is -0.960. The number of nitrogens with one attached hydrogen (secondary N) is 1. The summed E-state index contributed by atoms with van der Waals surface area (Å²) < 4.78 is 37.6. The molecule has 0 aliphatic carbocycles. The number of carbonyl (C=O) groups excluding carboxylic acids is 1. The average Bonchev–Trinajstić information content (AvgIpc) is 2.95. The molecule has 1 aromatic heterocycles. The van der Waals surface area contributed by atoms with Gasteiger partial charge < -0.3 is 9.47 Å². The predicted molar refractivity (Wildman–Crippen MR) is 74.5 cm³/mol. The number of rotatable bonds is 4. The molecule has 1 aliphatic rings. The van der Waals surface area contributed by atoms with Crippen LogP contribution in [-0.2, 0) is 19.5 Å². The number of carbonyl (C=O) groups is 1. The number of sulfonamides is 1. The van der Waals surface area contributed by atoms with Crippen LogP contribution in [0.3, 0.4) is 0 Å².